The first kappa shape index (κ1) is 20.9. The molecule has 0 aliphatic heterocycles. The summed E-state index contributed by atoms with van der Waals surface area (Å²) in [6, 6.07) is 27.5. The molecule has 146 valence electrons. The van der Waals surface area contributed by atoms with Crippen molar-refractivity contribution in [3.05, 3.63) is 101 Å². The molecule has 0 spiro atoms. The molecule has 3 aromatic carbocycles. The van der Waals surface area contributed by atoms with Crippen molar-refractivity contribution in [3.63, 3.8) is 0 Å². The van der Waals surface area contributed by atoms with Crippen LogP contribution in [0, 0.1) is 0 Å². The molecule has 3 aromatic rings. The fourth-order valence-corrected chi connectivity index (χ4v) is 5.31. The van der Waals surface area contributed by atoms with E-state index in [1.54, 1.807) is 0 Å². The monoisotopic (exact) mass is 410 g/mol. The second-order valence-electron chi connectivity index (χ2n) is 7.11. The molecule has 0 N–H and O–H groups in total. The molecule has 3 rings (SSSR count). The zero-order valence-corrected chi connectivity index (χ0v) is 18.4. The Morgan fingerprint density at radius 3 is 1.96 bits per heavy atom. The summed E-state index contributed by atoms with van der Waals surface area (Å²) in [6.45, 7) is 5.02. The van der Waals surface area contributed by atoms with Gasteiger partial charge in [0, 0.05) is 17.1 Å². The molecule has 0 bridgehead atoms. The maximum atomic E-state index is 6.53. The molecule has 0 aliphatic rings. The molecule has 28 heavy (non-hydrogen) atoms. The summed E-state index contributed by atoms with van der Waals surface area (Å²) in [6.07, 6.45) is 2.86. The second-order valence-corrected chi connectivity index (χ2v) is 8.83. The number of halogens is 1. The van der Waals surface area contributed by atoms with Crippen molar-refractivity contribution >= 4 is 19.2 Å². The molecule has 0 fully saturated rings. The number of hydrogen-bond donors (Lipinski definition) is 0. The van der Waals surface area contributed by atoms with E-state index >= 15 is 0 Å². The molecule has 1 unspecified atom stereocenters. The zero-order valence-electron chi connectivity index (χ0n) is 16.6. The van der Waals surface area contributed by atoms with Crippen LogP contribution in [0.4, 0.5) is 0 Å². The van der Waals surface area contributed by atoms with Gasteiger partial charge in [0.2, 0.25) is 0 Å². The van der Waals surface area contributed by atoms with Gasteiger partial charge in [-0.05, 0) is 37.5 Å². The second kappa shape index (κ2) is 10.1. The van der Waals surface area contributed by atoms with Crippen molar-refractivity contribution in [2.75, 3.05) is 0 Å². The molecule has 0 amide bonds. The predicted molar refractivity (Wildman–Crippen MR) is 123 cm³/mol. The molecule has 0 aromatic heterocycles. The van der Waals surface area contributed by atoms with Crippen LogP contribution >= 0.6 is 19.2 Å². The van der Waals surface area contributed by atoms with Gasteiger partial charge in [-0.3, -0.25) is 0 Å². The molecule has 0 aliphatic carbocycles. The highest BCUT2D eigenvalue weighted by Gasteiger charge is 2.32. The van der Waals surface area contributed by atoms with Crippen LogP contribution < -0.4 is 4.74 Å². The van der Waals surface area contributed by atoms with Crippen molar-refractivity contribution in [1.29, 1.82) is 0 Å². The number of benzene rings is 3. The quantitative estimate of drug-likeness (QED) is 0.328. The molecule has 1 atom stereocenters. The van der Waals surface area contributed by atoms with Crippen LogP contribution in [0.2, 0.25) is 0 Å². The van der Waals surface area contributed by atoms with Gasteiger partial charge in [-0.15, -0.1) is 0 Å². The van der Waals surface area contributed by atoms with Crippen LogP contribution in [0.5, 0.6) is 5.75 Å². The maximum absolute atomic E-state index is 6.53. The summed E-state index contributed by atoms with van der Waals surface area (Å²) in [7, 11) is 0.320. The topological polar surface area (TPSA) is 9.23 Å². The Balaban J connectivity index is 2.02. The number of para-hydroxylation sites is 1. The fourth-order valence-electron chi connectivity index (χ4n) is 3.63. The highest BCUT2D eigenvalue weighted by atomic mass is 35.7. The molecular formula is C25H28ClOP. The van der Waals surface area contributed by atoms with Gasteiger partial charge in [0.25, 0.3) is 0 Å². The Morgan fingerprint density at radius 2 is 1.39 bits per heavy atom. The maximum Gasteiger partial charge on any atom is 0.127 e. The van der Waals surface area contributed by atoms with Gasteiger partial charge in [-0.25, -0.2) is 0 Å². The minimum atomic E-state index is -0.0414. The first-order chi connectivity index (χ1) is 13.7. The van der Waals surface area contributed by atoms with E-state index < -0.39 is 0 Å². The third-order valence-corrected chi connectivity index (χ3v) is 7.89. The SMILES string of the molecule is CCC(CC)(PCl)c1cccc(Cc2ccccc2)c1OCc1ccccc1. The number of hydrogen-bond acceptors (Lipinski definition) is 1. The number of rotatable bonds is 9. The third kappa shape index (κ3) is 4.77. The van der Waals surface area contributed by atoms with E-state index in [1.165, 1.54) is 22.3 Å². The van der Waals surface area contributed by atoms with Gasteiger partial charge < -0.3 is 4.74 Å². The summed E-state index contributed by atoms with van der Waals surface area (Å²) in [5.74, 6) is 1.01. The standard InChI is InChI=1S/C25H28ClOP/c1-3-25(4-2,28-26)23-17-11-16-22(18-20-12-7-5-8-13-20)24(23)27-19-21-14-9-6-10-15-21/h5-17,28H,3-4,18-19H2,1-2H3. The van der Waals surface area contributed by atoms with Crippen molar-refractivity contribution in [3.8, 4) is 5.75 Å². The highest BCUT2D eigenvalue weighted by molar-refractivity contribution is 7.69. The summed E-state index contributed by atoms with van der Waals surface area (Å²) in [5, 5.41) is -0.0414. The summed E-state index contributed by atoms with van der Waals surface area (Å²) in [4.78, 5) is 0. The first-order valence-electron chi connectivity index (χ1n) is 9.93. The van der Waals surface area contributed by atoms with Gasteiger partial charge in [0.15, 0.2) is 0 Å². The van der Waals surface area contributed by atoms with Crippen LogP contribution in [0.1, 0.15) is 48.9 Å². The highest BCUT2D eigenvalue weighted by Crippen LogP contribution is 2.53. The van der Waals surface area contributed by atoms with Gasteiger partial charge in [-0.1, -0.05) is 104 Å². The lowest BCUT2D eigenvalue weighted by molar-refractivity contribution is 0.295. The molecule has 3 heteroatoms. The van der Waals surface area contributed by atoms with Gasteiger partial charge in [0.05, 0.1) is 0 Å². The van der Waals surface area contributed by atoms with Crippen molar-refractivity contribution < 1.29 is 4.74 Å². The average molecular weight is 411 g/mol. The Hall–Kier alpha value is -1.82. The van der Waals surface area contributed by atoms with Crippen LogP contribution in [0.25, 0.3) is 0 Å². The largest absolute Gasteiger partial charge is 0.488 e. The lowest BCUT2D eigenvalue weighted by atomic mass is 9.89. The van der Waals surface area contributed by atoms with E-state index in [1.807, 2.05) is 6.07 Å². The number of ether oxygens (including phenoxy) is 1. The molecule has 0 saturated heterocycles. The fraction of sp³-hybridized carbons (Fsp3) is 0.280. The summed E-state index contributed by atoms with van der Waals surface area (Å²) in [5.41, 5.74) is 4.93. The van der Waals surface area contributed by atoms with E-state index in [4.69, 9.17) is 16.0 Å². The van der Waals surface area contributed by atoms with Crippen molar-refractivity contribution in [2.45, 2.75) is 44.9 Å². The van der Waals surface area contributed by atoms with Gasteiger partial charge in [0.1, 0.15) is 12.4 Å². The third-order valence-electron chi connectivity index (χ3n) is 5.46. The Labute approximate surface area is 175 Å². The van der Waals surface area contributed by atoms with Crippen LogP contribution in [-0.4, -0.2) is 0 Å². The smallest absolute Gasteiger partial charge is 0.127 e. The first-order valence-corrected chi connectivity index (χ1v) is 11.9. The molecular weight excluding hydrogens is 383 g/mol. The minimum Gasteiger partial charge on any atom is -0.488 e. The van der Waals surface area contributed by atoms with E-state index in [0.717, 1.165) is 25.0 Å². The van der Waals surface area contributed by atoms with E-state index in [9.17, 15) is 0 Å². The average Bonchev–Trinajstić information content (AvgIpc) is 2.76. The predicted octanol–water partition coefficient (Wildman–Crippen LogP) is 7.70. The van der Waals surface area contributed by atoms with Gasteiger partial charge >= 0.3 is 0 Å². The van der Waals surface area contributed by atoms with E-state index in [2.05, 4.69) is 86.6 Å². The van der Waals surface area contributed by atoms with E-state index in [0.29, 0.717) is 14.5 Å². The minimum absolute atomic E-state index is 0.0414. The van der Waals surface area contributed by atoms with Crippen LogP contribution in [-0.2, 0) is 18.2 Å². The van der Waals surface area contributed by atoms with Crippen LogP contribution in [0.15, 0.2) is 78.9 Å². The Morgan fingerprint density at radius 1 is 0.786 bits per heavy atom. The zero-order chi connectivity index (χ0) is 19.8. The summed E-state index contributed by atoms with van der Waals surface area (Å²) < 4.78 is 6.48. The van der Waals surface area contributed by atoms with E-state index in [-0.39, 0.29) is 5.16 Å². The molecule has 0 heterocycles. The molecule has 1 nitrogen and oxygen atoms in total. The lowest BCUT2D eigenvalue weighted by Gasteiger charge is -2.32. The Kier molecular flexibility index (Phi) is 7.54. The Bertz CT molecular complexity index is 852. The molecule has 0 radical (unpaired) electrons. The molecule has 0 saturated carbocycles. The van der Waals surface area contributed by atoms with Crippen LogP contribution in [0.3, 0.4) is 0 Å². The summed E-state index contributed by atoms with van der Waals surface area (Å²) >= 11 is 6.53. The lowest BCUT2D eigenvalue weighted by Crippen LogP contribution is -2.19. The van der Waals surface area contributed by atoms with Crippen molar-refractivity contribution in [1.82, 2.24) is 0 Å². The van der Waals surface area contributed by atoms with Gasteiger partial charge in [-0.2, -0.15) is 0 Å². The normalized spacial score (nSPS) is 11.8. The van der Waals surface area contributed by atoms with Crippen molar-refractivity contribution in [2.24, 2.45) is 0 Å².